The molecule has 1 saturated carbocycles. The third-order valence-corrected chi connectivity index (χ3v) is 7.31. The first-order valence-electron chi connectivity index (χ1n) is 9.91. The van der Waals surface area contributed by atoms with Gasteiger partial charge in [0.25, 0.3) is 0 Å². The van der Waals surface area contributed by atoms with Crippen molar-refractivity contribution in [1.29, 1.82) is 0 Å². The van der Waals surface area contributed by atoms with Gasteiger partial charge in [-0.15, -0.1) is 0 Å². The minimum atomic E-state index is -1.41. The summed E-state index contributed by atoms with van der Waals surface area (Å²) in [5.41, 5.74) is 6.15. The summed E-state index contributed by atoms with van der Waals surface area (Å²) >= 11 is 0. The summed E-state index contributed by atoms with van der Waals surface area (Å²) < 4.78 is 0. The van der Waals surface area contributed by atoms with Gasteiger partial charge in [-0.05, 0) is 66.8 Å². The molecule has 0 radical (unpaired) electrons. The van der Waals surface area contributed by atoms with Gasteiger partial charge in [0.2, 0.25) is 0 Å². The molecular formula is C23H29NO3. The summed E-state index contributed by atoms with van der Waals surface area (Å²) in [6, 6.07) is 15.1. The normalized spacial score (nSPS) is 35.3. The maximum Gasteiger partial charge on any atom is 0.120 e. The van der Waals surface area contributed by atoms with Crippen LogP contribution in [0.25, 0.3) is 0 Å². The zero-order valence-corrected chi connectivity index (χ0v) is 15.9. The third kappa shape index (κ3) is 2.54. The van der Waals surface area contributed by atoms with Gasteiger partial charge in [-0.25, -0.2) is 0 Å². The van der Waals surface area contributed by atoms with Crippen molar-refractivity contribution in [2.24, 2.45) is 11.7 Å². The summed E-state index contributed by atoms with van der Waals surface area (Å²) in [6.07, 6.45) is 3.57. The highest BCUT2D eigenvalue weighted by atomic mass is 16.4. The van der Waals surface area contributed by atoms with Crippen LogP contribution in [-0.4, -0.2) is 27.5 Å². The van der Waals surface area contributed by atoms with Gasteiger partial charge in [-0.2, -0.15) is 0 Å². The minimum Gasteiger partial charge on any atom is -0.508 e. The van der Waals surface area contributed by atoms with E-state index in [1.165, 1.54) is 5.56 Å². The molecular weight excluding hydrogens is 338 g/mol. The average Bonchev–Trinajstić information content (AvgIpc) is 2.69. The Morgan fingerprint density at radius 1 is 1.11 bits per heavy atom. The van der Waals surface area contributed by atoms with E-state index in [1.807, 2.05) is 42.5 Å². The van der Waals surface area contributed by atoms with Crippen molar-refractivity contribution < 1.29 is 15.3 Å². The predicted molar refractivity (Wildman–Crippen MR) is 105 cm³/mol. The number of benzene rings is 2. The first-order valence-corrected chi connectivity index (χ1v) is 9.91. The number of fused-ring (bicyclic) bond motifs is 3. The monoisotopic (exact) mass is 367 g/mol. The van der Waals surface area contributed by atoms with Gasteiger partial charge in [-0.3, -0.25) is 0 Å². The number of hydrogen-bond acceptors (Lipinski definition) is 4. The summed E-state index contributed by atoms with van der Waals surface area (Å²) in [5.74, 6) is 0.528. The lowest BCUT2D eigenvalue weighted by atomic mass is 9.48. The van der Waals surface area contributed by atoms with Gasteiger partial charge >= 0.3 is 0 Å². The van der Waals surface area contributed by atoms with Crippen LogP contribution in [0.1, 0.15) is 49.3 Å². The largest absolute Gasteiger partial charge is 0.508 e. The highest BCUT2D eigenvalue weighted by molar-refractivity contribution is 5.45. The van der Waals surface area contributed by atoms with Crippen LogP contribution in [0.5, 0.6) is 5.75 Å². The molecule has 0 amide bonds. The second-order valence-corrected chi connectivity index (χ2v) is 8.43. The first kappa shape index (κ1) is 18.5. The molecule has 5 N–H and O–H groups in total. The Morgan fingerprint density at radius 3 is 2.52 bits per heavy atom. The van der Waals surface area contributed by atoms with Crippen LogP contribution >= 0.6 is 0 Å². The number of hydrogen-bond donors (Lipinski definition) is 4. The van der Waals surface area contributed by atoms with Gasteiger partial charge in [0, 0.05) is 12.0 Å². The summed E-state index contributed by atoms with van der Waals surface area (Å²) in [4.78, 5) is 0. The Morgan fingerprint density at radius 2 is 1.85 bits per heavy atom. The lowest BCUT2D eigenvalue weighted by Gasteiger charge is -2.59. The summed E-state index contributed by atoms with van der Waals surface area (Å²) in [7, 11) is 0. The highest BCUT2D eigenvalue weighted by Crippen LogP contribution is 2.59. The van der Waals surface area contributed by atoms with E-state index in [4.69, 9.17) is 5.73 Å². The van der Waals surface area contributed by atoms with E-state index in [1.54, 1.807) is 6.07 Å². The maximum absolute atomic E-state index is 11.7. The van der Waals surface area contributed by atoms with Gasteiger partial charge in [0.1, 0.15) is 17.0 Å². The molecule has 0 bridgehead atoms. The number of phenolic OH excluding ortho intramolecular Hbond substituents is 1. The van der Waals surface area contributed by atoms with E-state index in [0.29, 0.717) is 12.8 Å². The minimum absolute atomic E-state index is 0.000279. The lowest BCUT2D eigenvalue weighted by molar-refractivity contribution is -0.209. The van der Waals surface area contributed by atoms with Crippen molar-refractivity contribution in [2.75, 3.05) is 6.54 Å². The van der Waals surface area contributed by atoms with Crippen LogP contribution in [0.2, 0.25) is 0 Å². The smallest absolute Gasteiger partial charge is 0.120 e. The molecule has 2 aromatic carbocycles. The molecule has 2 aromatic rings. The fourth-order valence-corrected chi connectivity index (χ4v) is 5.80. The molecule has 1 fully saturated rings. The van der Waals surface area contributed by atoms with Gasteiger partial charge in [0.15, 0.2) is 0 Å². The third-order valence-electron chi connectivity index (χ3n) is 7.31. The van der Waals surface area contributed by atoms with Crippen LogP contribution in [0.4, 0.5) is 0 Å². The van der Waals surface area contributed by atoms with Crippen molar-refractivity contribution in [3.8, 4) is 5.75 Å². The Balaban J connectivity index is 1.86. The standard InChI is InChI=1S/C23H29NO3/c1-2-21-14-22(26,15-24)23(27,17-6-4-3-5-7-17)13-18(21)9-8-16-12-19(25)10-11-20(16)21/h3-7,10-12,18,25-27H,2,8-9,13-15,24H2,1H3. The van der Waals surface area contributed by atoms with Crippen LogP contribution in [0, 0.1) is 5.92 Å². The molecule has 0 spiro atoms. The average molecular weight is 367 g/mol. The van der Waals surface area contributed by atoms with Gasteiger partial charge in [0.05, 0.1) is 0 Å². The molecule has 144 valence electrons. The Labute approximate surface area is 160 Å². The van der Waals surface area contributed by atoms with E-state index in [0.717, 1.165) is 30.4 Å². The van der Waals surface area contributed by atoms with Crippen molar-refractivity contribution in [2.45, 2.75) is 55.6 Å². The quantitative estimate of drug-likeness (QED) is 0.672. The van der Waals surface area contributed by atoms with E-state index in [9.17, 15) is 15.3 Å². The molecule has 0 aromatic heterocycles. The maximum atomic E-state index is 11.7. The molecule has 4 heteroatoms. The lowest BCUT2D eigenvalue weighted by Crippen LogP contribution is -2.66. The second kappa shape index (κ2) is 6.33. The number of phenols is 1. The molecule has 0 heterocycles. The molecule has 0 saturated heterocycles. The van der Waals surface area contributed by atoms with E-state index >= 15 is 0 Å². The predicted octanol–water partition coefficient (Wildman–Crippen LogP) is 2.97. The molecule has 4 atom stereocenters. The van der Waals surface area contributed by atoms with Crippen LogP contribution in [0.3, 0.4) is 0 Å². The highest BCUT2D eigenvalue weighted by Gasteiger charge is 2.62. The summed E-state index contributed by atoms with van der Waals surface area (Å²) in [6.45, 7) is 2.15. The number of aromatic hydroxyl groups is 1. The molecule has 27 heavy (non-hydrogen) atoms. The topological polar surface area (TPSA) is 86.7 Å². The van der Waals surface area contributed by atoms with Crippen molar-refractivity contribution in [1.82, 2.24) is 0 Å². The Hall–Kier alpha value is -1.88. The van der Waals surface area contributed by atoms with E-state index in [2.05, 4.69) is 6.92 Å². The Bertz CT molecular complexity index is 839. The summed E-state index contributed by atoms with van der Waals surface area (Å²) in [5, 5.41) is 33.3. The molecule has 0 aliphatic heterocycles. The van der Waals surface area contributed by atoms with Crippen molar-refractivity contribution in [3.05, 3.63) is 65.2 Å². The Kier molecular flexibility index (Phi) is 4.34. The zero-order valence-electron chi connectivity index (χ0n) is 15.9. The van der Waals surface area contributed by atoms with Gasteiger partial charge < -0.3 is 21.1 Å². The van der Waals surface area contributed by atoms with Crippen LogP contribution in [0.15, 0.2) is 48.5 Å². The number of rotatable bonds is 3. The van der Waals surface area contributed by atoms with Crippen LogP contribution < -0.4 is 5.73 Å². The van der Waals surface area contributed by atoms with E-state index < -0.39 is 11.2 Å². The SMILES string of the molecule is CCC12CC(O)(CN)C(O)(c3ccccc3)CC1CCc1cc(O)ccc12. The zero-order chi connectivity index (χ0) is 19.3. The number of nitrogens with two attached hydrogens (primary N) is 1. The van der Waals surface area contributed by atoms with Gasteiger partial charge in [-0.1, -0.05) is 43.3 Å². The molecule has 4 unspecified atom stereocenters. The first-order chi connectivity index (χ1) is 12.9. The second-order valence-electron chi connectivity index (χ2n) is 8.43. The van der Waals surface area contributed by atoms with E-state index in [-0.39, 0.29) is 23.6 Å². The molecule has 2 aliphatic carbocycles. The van der Waals surface area contributed by atoms with Crippen molar-refractivity contribution >= 4 is 0 Å². The molecule has 4 nitrogen and oxygen atoms in total. The molecule has 4 rings (SSSR count). The number of aryl methyl sites for hydroxylation is 1. The molecule has 2 aliphatic rings. The van der Waals surface area contributed by atoms with Crippen molar-refractivity contribution in [3.63, 3.8) is 0 Å². The fourth-order valence-electron chi connectivity index (χ4n) is 5.80. The fraction of sp³-hybridized carbons (Fsp3) is 0.478. The number of aliphatic hydroxyl groups is 2. The van der Waals surface area contributed by atoms with Crippen LogP contribution in [-0.2, 0) is 17.4 Å².